The highest BCUT2D eigenvalue weighted by Crippen LogP contribution is 2.48. The lowest BCUT2D eigenvalue weighted by molar-refractivity contribution is -0.109. The molecule has 0 radical (unpaired) electrons. The third kappa shape index (κ3) is 2.83. The molecule has 1 aromatic rings. The van der Waals surface area contributed by atoms with E-state index in [9.17, 15) is 0 Å². The van der Waals surface area contributed by atoms with E-state index in [-0.39, 0.29) is 5.41 Å². The largest absolute Gasteiger partial charge is 0.380 e. The van der Waals surface area contributed by atoms with Gasteiger partial charge in [0.05, 0.1) is 21.8 Å². The first-order valence-electron chi connectivity index (χ1n) is 6.95. The molecule has 5 heteroatoms. The second kappa shape index (κ2) is 6.43. The molecule has 1 aliphatic rings. The van der Waals surface area contributed by atoms with Crippen LogP contribution < -0.4 is 5.32 Å². The molecule has 20 heavy (non-hydrogen) atoms. The van der Waals surface area contributed by atoms with Gasteiger partial charge in [-0.3, -0.25) is 0 Å². The molecule has 0 heterocycles. The van der Waals surface area contributed by atoms with Gasteiger partial charge in [-0.15, -0.1) is 0 Å². The minimum Gasteiger partial charge on any atom is -0.380 e. The highest BCUT2D eigenvalue weighted by molar-refractivity contribution is 9.10. The number of halogens is 3. The van der Waals surface area contributed by atoms with Crippen molar-refractivity contribution < 1.29 is 4.74 Å². The standard InChI is InChI=1S/C15H20BrCl2NO/c1-4-15(3)11(8-12(15)20-5-2)19-10-7-6-9(16)13(17)14(10)18/h6-7,11-12,19H,4-5,8H2,1-3H3. The van der Waals surface area contributed by atoms with Crippen LogP contribution in [-0.4, -0.2) is 18.8 Å². The minimum absolute atomic E-state index is 0.138. The Labute approximate surface area is 139 Å². The molecule has 1 N–H and O–H groups in total. The molecule has 2 rings (SSSR count). The highest BCUT2D eigenvalue weighted by atomic mass is 79.9. The summed E-state index contributed by atoms with van der Waals surface area (Å²) >= 11 is 15.8. The van der Waals surface area contributed by atoms with Gasteiger partial charge in [-0.1, -0.05) is 37.0 Å². The van der Waals surface area contributed by atoms with E-state index >= 15 is 0 Å². The summed E-state index contributed by atoms with van der Waals surface area (Å²) in [5.41, 5.74) is 1.03. The topological polar surface area (TPSA) is 21.3 Å². The van der Waals surface area contributed by atoms with Crippen LogP contribution in [0.15, 0.2) is 16.6 Å². The Kier molecular flexibility index (Phi) is 5.28. The summed E-state index contributed by atoms with van der Waals surface area (Å²) in [6.07, 6.45) is 2.39. The molecule has 0 saturated heterocycles. The van der Waals surface area contributed by atoms with Crippen molar-refractivity contribution in [3.05, 3.63) is 26.7 Å². The van der Waals surface area contributed by atoms with Crippen molar-refractivity contribution in [2.24, 2.45) is 5.41 Å². The van der Waals surface area contributed by atoms with Crippen molar-refractivity contribution in [2.45, 2.75) is 45.8 Å². The number of hydrogen-bond donors (Lipinski definition) is 1. The number of rotatable bonds is 5. The number of hydrogen-bond acceptors (Lipinski definition) is 2. The average molecular weight is 381 g/mol. The zero-order valence-corrected chi connectivity index (χ0v) is 15.1. The summed E-state index contributed by atoms with van der Waals surface area (Å²) in [6, 6.07) is 4.24. The van der Waals surface area contributed by atoms with Crippen LogP contribution in [0.3, 0.4) is 0 Å². The fourth-order valence-electron chi connectivity index (χ4n) is 2.80. The SMILES string of the molecule is CCOC1CC(Nc2ccc(Br)c(Cl)c2Cl)C1(C)CC. The predicted octanol–water partition coefficient (Wildman–Crippen LogP) is 5.76. The maximum atomic E-state index is 6.30. The van der Waals surface area contributed by atoms with E-state index in [1.165, 1.54) is 0 Å². The first-order chi connectivity index (χ1) is 9.43. The Morgan fingerprint density at radius 2 is 2.05 bits per heavy atom. The lowest BCUT2D eigenvalue weighted by atomic mass is 9.61. The van der Waals surface area contributed by atoms with Crippen molar-refractivity contribution in [3.63, 3.8) is 0 Å². The van der Waals surface area contributed by atoms with Crippen molar-refractivity contribution in [3.8, 4) is 0 Å². The van der Waals surface area contributed by atoms with E-state index in [2.05, 4.69) is 35.1 Å². The van der Waals surface area contributed by atoms with Gasteiger partial charge < -0.3 is 10.1 Å². The smallest absolute Gasteiger partial charge is 0.0835 e. The van der Waals surface area contributed by atoms with Gasteiger partial charge in [0.25, 0.3) is 0 Å². The van der Waals surface area contributed by atoms with Gasteiger partial charge in [0.1, 0.15) is 0 Å². The Balaban J connectivity index is 2.14. The summed E-state index contributed by atoms with van der Waals surface area (Å²) in [5.74, 6) is 0. The van der Waals surface area contributed by atoms with Gasteiger partial charge in [-0.25, -0.2) is 0 Å². The summed E-state index contributed by atoms with van der Waals surface area (Å²) < 4.78 is 6.63. The lowest BCUT2D eigenvalue weighted by Gasteiger charge is -2.54. The monoisotopic (exact) mass is 379 g/mol. The molecule has 0 spiro atoms. The van der Waals surface area contributed by atoms with Gasteiger partial charge in [0.2, 0.25) is 0 Å². The van der Waals surface area contributed by atoms with Crippen LogP contribution in [-0.2, 0) is 4.74 Å². The third-order valence-electron chi connectivity index (χ3n) is 4.48. The van der Waals surface area contributed by atoms with Crippen LogP contribution >= 0.6 is 39.1 Å². The van der Waals surface area contributed by atoms with Crippen molar-refractivity contribution in [1.82, 2.24) is 0 Å². The van der Waals surface area contributed by atoms with E-state index in [1.54, 1.807) is 0 Å². The normalized spacial score (nSPS) is 29.1. The minimum atomic E-state index is 0.138. The van der Waals surface area contributed by atoms with Crippen LogP contribution in [0.2, 0.25) is 10.0 Å². The molecule has 112 valence electrons. The molecule has 3 unspecified atom stereocenters. The van der Waals surface area contributed by atoms with Gasteiger partial charge in [0, 0.05) is 22.5 Å². The molecule has 2 nitrogen and oxygen atoms in total. The second-order valence-electron chi connectivity index (χ2n) is 5.46. The molecule has 1 fully saturated rings. The fraction of sp³-hybridized carbons (Fsp3) is 0.600. The molecule has 1 aliphatic carbocycles. The van der Waals surface area contributed by atoms with E-state index in [4.69, 9.17) is 27.9 Å². The molecule has 0 bridgehead atoms. The van der Waals surface area contributed by atoms with E-state index < -0.39 is 0 Å². The number of anilines is 1. The summed E-state index contributed by atoms with van der Waals surface area (Å²) in [6.45, 7) is 7.28. The quantitative estimate of drug-likeness (QED) is 0.655. The molecule has 1 saturated carbocycles. The zero-order chi connectivity index (χ0) is 14.9. The first kappa shape index (κ1) is 16.4. The third-order valence-corrected chi connectivity index (χ3v) is 6.25. The van der Waals surface area contributed by atoms with Crippen LogP contribution in [0.4, 0.5) is 5.69 Å². The maximum Gasteiger partial charge on any atom is 0.0835 e. The highest BCUT2D eigenvalue weighted by Gasteiger charge is 2.51. The molecule has 0 aromatic heterocycles. The Bertz CT molecular complexity index is 497. The van der Waals surface area contributed by atoms with Gasteiger partial charge in [0.15, 0.2) is 0 Å². The van der Waals surface area contributed by atoms with Gasteiger partial charge in [-0.05, 0) is 47.8 Å². The van der Waals surface area contributed by atoms with Gasteiger partial charge in [-0.2, -0.15) is 0 Å². The fourth-order valence-corrected chi connectivity index (χ4v) is 3.63. The van der Waals surface area contributed by atoms with Crippen molar-refractivity contribution >= 4 is 44.8 Å². The van der Waals surface area contributed by atoms with E-state index in [0.717, 1.165) is 29.6 Å². The summed E-state index contributed by atoms with van der Waals surface area (Å²) in [7, 11) is 0. The second-order valence-corrected chi connectivity index (χ2v) is 7.07. The van der Waals surface area contributed by atoms with Crippen LogP contribution in [0, 0.1) is 5.41 Å². The average Bonchev–Trinajstić information content (AvgIpc) is 2.45. The zero-order valence-electron chi connectivity index (χ0n) is 12.0. The molecule has 3 atom stereocenters. The van der Waals surface area contributed by atoms with E-state index in [1.807, 2.05) is 19.1 Å². The number of ether oxygens (including phenoxy) is 1. The number of nitrogens with one attached hydrogen (secondary N) is 1. The van der Waals surface area contributed by atoms with Crippen LogP contribution in [0.5, 0.6) is 0 Å². The molecular formula is C15H20BrCl2NO. The summed E-state index contributed by atoms with van der Waals surface area (Å²) in [4.78, 5) is 0. The number of benzene rings is 1. The van der Waals surface area contributed by atoms with Crippen molar-refractivity contribution in [2.75, 3.05) is 11.9 Å². The van der Waals surface area contributed by atoms with Crippen molar-refractivity contribution in [1.29, 1.82) is 0 Å². The lowest BCUT2D eigenvalue weighted by Crippen LogP contribution is -2.59. The predicted molar refractivity (Wildman–Crippen MR) is 90.0 cm³/mol. The summed E-state index contributed by atoms with van der Waals surface area (Å²) in [5, 5.41) is 4.65. The first-order valence-corrected chi connectivity index (χ1v) is 8.50. The van der Waals surface area contributed by atoms with Crippen LogP contribution in [0.25, 0.3) is 0 Å². The Morgan fingerprint density at radius 1 is 1.35 bits per heavy atom. The maximum absolute atomic E-state index is 6.30. The van der Waals surface area contributed by atoms with Crippen LogP contribution in [0.1, 0.15) is 33.6 Å². The van der Waals surface area contributed by atoms with Gasteiger partial charge >= 0.3 is 0 Å². The Hall–Kier alpha value is 0.0400. The Morgan fingerprint density at radius 3 is 2.65 bits per heavy atom. The molecule has 1 aromatic carbocycles. The molecule has 0 amide bonds. The van der Waals surface area contributed by atoms with E-state index in [0.29, 0.717) is 22.2 Å². The molecular weight excluding hydrogens is 361 g/mol. The molecule has 0 aliphatic heterocycles.